The van der Waals surface area contributed by atoms with Crippen LogP contribution in [0.4, 0.5) is 19.0 Å². The van der Waals surface area contributed by atoms with Crippen molar-refractivity contribution in [3.63, 3.8) is 0 Å². The first-order valence-corrected chi connectivity index (χ1v) is 5.60. The summed E-state index contributed by atoms with van der Waals surface area (Å²) in [6.45, 7) is 0.525. The molecular weight excluding hydrogens is 257 g/mol. The second kappa shape index (κ2) is 5.64. The van der Waals surface area contributed by atoms with Crippen LogP contribution in [0, 0.1) is 0 Å². The molecule has 19 heavy (non-hydrogen) atoms. The summed E-state index contributed by atoms with van der Waals surface area (Å²) in [5, 5.41) is 9.49. The quantitative estimate of drug-likeness (QED) is 0.925. The van der Waals surface area contributed by atoms with Gasteiger partial charge >= 0.3 is 6.18 Å². The van der Waals surface area contributed by atoms with E-state index < -0.39 is 11.9 Å². The number of hydrogen-bond acceptors (Lipinski definition) is 4. The molecule has 0 aliphatic rings. The van der Waals surface area contributed by atoms with Gasteiger partial charge in [0.15, 0.2) is 5.69 Å². The lowest BCUT2D eigenvalue weighted by Crippen LogP contribution is -2.12. The molecule has 0 amide bonds. The van der Waals surface area contributed by atoms with Gasteiger partial charge in [-0.3, -0.25) is 4.98 Å². The van der Waals surface area contributed by atoms with Crippen molar-refractivity contribution in [2.75, 3.05) is 11.9 Å². The fourth-order valence-corrected chi connectivity index (χ4v) is 1.44. The molecule has 0 aromatic carbocycles. The first-order valence-electron chi connectivity index (χ1n) is 5.60. The van der Waals surface area contributed by atoms with E-state index in [0.717, 1.165) is 11.8 Å². The van der Waals surface area contributed by atoms with Crippen molar-refractivity contribution in [2.24, 2.45) is 0 Å². The van der Waals surface area contributed by atoms with Crippen LogP contribution in [0.2, 0.25) is 0 Å². The van der Waals surface area contributed by atoms with Gasteiger partial charge in [-0.15, -0.1) is 10.2 Å². The van der Waals surface area contributed by atoms with Crippen LogP contribution in [0.25, 0.3) is 0 Å². The van der Waals surface area contributed by atoms with Gasteiger partial charge in [-0.1, -0.05) is 6.07 Å². The van der Waals surface area contributed by atoms with Crippen molar-refractivity contribution in [1.82, 2.24) is 15.2 Å². The molecule has 2 heterocycles. The van der Waals surface area contributed by atoms with Crippen molar-refractivity contribution in [2.45, 2.75) is 12.6 Å². The maximum atomic E-state index is 12.3. The molecule has 0 atom stereocenters. The van der Waals surface area contributed by atoms with Crippen molar-refractivity contribution >= 4 is 5.82 Å². The largest absolute Gasteiger partial charge is 0.435 e. The molecular formula is C12H11F3N4. The van der Waals surface area contributed by atoms with Crippen LogP contribution in [0.15, 0.2) is 36.5 Å². The van der Waals surface area contributed by atoms with Crippen LogP contribution in [-0.2, 0) is 12.6 Å². The Hall–Kier alpha value is -2.18. The predicted octanol–water partition coefficient (Wildman–Crippen LogP) is 2.54. The first-order chi connectivity index (χ1) is 9.05. The summed E-state index contributed by atoms with van der Waals surface area (Å²) in [6, 6.07) is 7.73. The van der Waals surface area contributed by atoms with Crippen LogP contribution >= 0.6 is 0 Å². The van der Waals surface area contributed by atoms with Crippen LogP contribution in [0.1, 0.15) is 11.4 Å². The predicted molar refractivity (Wildman–Crippen MR) is 63.5 cm³/mol. The van der Waals surface area contributed by atoms with Crippen LogP contribution in [-0.4, -0.2) is 21.7 Å². The molecule has 2 aromatic heterocycles. The monoisotopic (exact) mass is 268 g/mol. The molecule has 0 saturated carbocycles. The number of alkyl halides is 3. The second-order valence-corrected chi connectivity index (χ2v) is 3.80. The van der Waals surface area contributed by atoms with Crippen molar-refractivity contribution in [3.8, 4) is 0 Å². The van der Waals surface area contributed by atoms with E-state index in [-0.39, 0.29) is 0 Å². The maximum Gasteiger partial charge on any atom is 0.435 e. The molecule has 4 nitrogen and oxygen atoms in total. The van der Waals surface area contributed by atoms with Gasteiger partial charge in [0.05, 0.1) is 0 Å². The van der Waals surface area contributed by atoms with E-state index in [1.165, 1.54) is 6.07 Å². The van der Waals surface area contributed by atoms with Gasteiger partial charge < -0.3 is 5.32 Å². The van der Waals surface area contributed by atoms with Crippen molar-refractivity contribution < 1.29 is 13.2 Å². The summed E-state index contributed by atoms with van der Waals surface area (Å²) in [7, 11) is 0. The number of aromatic nitrogens is 3. The topological polar surface area (TPSA) is 50.7 Å². The number of rotatable bonds is 4. The molecule has 0 saturated heterocycles. The molecule has 0 fully saturated rings. The standard InChI is InChI=1S/C12H11F3N4/c13-12(14,15)10-4-5-11(19-18-10)17-8-6-9-3-1-2-7-16-9/h1-5,7H,6,8H2,(H,17,19). The SMILES string of the molecule is FC(F)(F)c1ccc(NCCc2ccccn2)nn1. The lowest BCUT2D eigenvalue weighted by Gasteiger charge is -2.07. The smallest absolute Gasteiger partial charge is 0.368 e. The highest BCUT2D eigenvalue weighted by molar-refractivity contribution is 5.33. The number of anilines is 1. The average molecular weight is 268 g/mol. The minimum absolute atomic E-state index is 0.309. The zero-order chi connectivity index (χ0) is 13.7. The Kier molecular flexibility index (Phi) is 3.94. The van der Waals surface area contributed by atoms with Gasteiger partial charge in [0.25, 0.3) is 0 Å². The highest BCUT2D eigenvalue weighted by Gasteiger charge is 2.32. The van der Waals surface area contributed by atoms with Gasteiger partial charge in [-0.25, -0.2) is 0 Å². The molecule has 0 unspecified atom stereocenters. The third-order valence-electron chi connectivity index (χ3n) is 2.37. The molecule has 0 radical (unpaired) electrons. The van der Waals surface area contributed by atoms with Crippen molar-refractivity contribution in [1.29, 1.82) is 0 Å². The Morgan fingerprint density at radius 1 is 1.05 bits per heavy atom. The fourth-order valence-electron chi connectivity index (χ4n) is 1.44. The van der Waals surface area contributed by atoms with Gasteiger partial charge in [0.2, 0.25) is 0 Å². The molecule has 100 valence electrons. The Labute approximate surface area is 107 Å². The number of nitrogens with zero attached hydrogens (tertiary/aromatic N) is 3. The number of nitrogens with one attached hydrogen (secondary N) is 1. The lowest BCUT2D eigenvalue weighted by atomic mass is 10.3. The molecule has 1 N–H and O–H groups in total. The van der Waals surface area contributed by atoms with Crippen LogP contribution in [0.5, 0.6) is 0 Å². The van der Waals surface area contributed by atoms with Gasteiger partial charge in [0, 0.05) is 24.9 Å². The van der Waals surface area contributed by atoms with Crippen molar-refractivity contribution in [3.05, 3.63) is 47.9 Å². The van der Waals surface area contributed by atoms with E-state index in [1.807, 2.05) is 18.2 Å². The highest BCUT2D eigenvalue weighted by atomic mass is 19.4. The Balaban J connectivity index is 1.87. The van der Waals surface area contributed by atoms with E-state index in [4.69, 9.17) is 0 Å². The number of halogens is 3. The summed E-state index contributed by atoms with van der Waals surface area (Å²) in [5.41, 5.74) is -0.0994. The Morgan fingerprint density at radius 3 is 2.47 bits per heavy atom. The second-order valence-electron chi connectivity index (χ2n) is 3.80. The summed E-state index contributed by atoms with van der Waals surface area (Å²) in [4.78, 5) is 4.13. The van der Waals surface area contributed by atoms with Gasteiger partial charge in [-0.2, -0.15) is 13.2 Å². The number of hydrogen-bond donors (Lipinski definition) is 1. The summed E-state index contributed by atoms with van der Waals surface area (Å²) >= 11 is 0. The molecule has 0 aliphatic carbocycles. The minimum Gasteiger partial charge on any atom is -0.368 e. The zero-order valence-corrected chi connectivity index (χ0v) is 9.85. The highest BCUT2D eigenvalue weighted by Crippen LogP contribution is 2.26. The molecule has 2 aromatic rings. The van der Waals surface area contributed by atoms with E-state index in [2.05, 4.69) is 20.5 Å². The van der Waals surface area contributed by atoms with E-state index in [1.54, 1.807) is 6.20 Å². The third-order valence-corrected chi connectivity index (χ3v) is 2.37. The summed E-state index contributed by atoms with van der Waals surface area (Å²) in [5.74, 6) is 0.309. The normalized spacial score (nSPS) is 11.3. The summed E-state index contributed by atoms with van der Waals surface area (Å²) < 4.78 is 36.8. The molecule has 2 rings (SSSR count). The number of pyridine rings is 1. The molecule has 0 aliphatic heterocycles. The van der Waals surface area contributed by atoms with Crippen LogP contribution in [0.3, 0.4) is 0 Å². The first kappa shape index (κ1) is 13.3. The molecule has 0 spiro atoms. The fraction of sp³-hybridized carbons (Fsp3) is 0.250. The van der Waals surface area contributed by atoms with Gasteiger partial charge in [-0.05, 0) is 24.3 Å². The summed E-state index contributed by atoms with van der Waals surface area (Å²) in [6.07, 6.45) is -2.11. The Morgan fingerprint density at radius 2 is 1.89 bits per heavy atom. The Bertz CT molecular complexity index is 511. The third kappa shape index (κ3) is 3.90. The zero-order valence-electron chi connectivity index (χ0n) is 9.85. The van der Waals surface area contributed by atoms with E-state index in [0.29, 0.717) is 18.8 Å². The van der Waals surface area contributed by atoms with E-state index >= 15 is 0 Å². The minimum atomic E-state index is -4.46. The van der Waals surface area contributed by atoms with Gasteiger partial charge in [0.1, 0.15) is 5.82 Å². The van der Waals surface area contributed by atoms with Crippen LogP contribution < -0.4 is 5.32 Å². The maximum absolute atomic E-state index is 12.3. The molecule has 7 heteroatoms. The van der Waals surface area contributed by atoms with E-state index in [9.17, 15) is 13.2 Å². The molecule has 0 bridgehead atoms. The lowest BCUT2D eigenvalue weighted by molar-refractivity contribution is -0.141. The average Bonchev–Trinajstić information content (AvgIpc) is 2.39.